The molecule has 0 unspecified atom stereocenters. The molecule has 0 fully saturated rings. The SMILES string of the molecule is COc1ccc(-c2cc(C=Cc3ccc(N(C)CCCCCC#N)cc3)[n+](C)c(-c3ccc(F)cc3)c2)cc1. The third-order valence-electron chi connectivity index (χ3n) is 6.97. The maximum absolute atomic E-state index is 13.6. The van der Waals surface area contributed by atoms with E-state index in [1.165, 1.54) is 17.8 Å². The summed E-state index contributed by atoms with van der Waals surface area (Å²) in [6.07, 6.45) is 7.99. The highest BCUT2D eigenvalue weighted by Gasteiger charge is 2.17. The lowest BCUT2D eigenvalue weighted by Crippen LogP contribution is -2.34. The summed E-state index contributed by atoms with van der Waals surface area (Å²) in [5, 5.41) is 8.68. The number of unbranched alkanes of at least 4 members (excludes halogenated alkanes) is 3. The molecule has 3 aromatic carbocycles. The predicted octanol–water partition coefficient (Wildman–Crippen LogP) is 7.68. The zero-order chi connectivity index (χ0) is 27.6. The molecule has 0 N–H and O–H groups in total. The Morgan fingerprint density at radius 3 is 2.21 bits per heavy atom. The lowest BCUT2D eigenvalue weighted by molar-refractivity contribution is -0.662. The monoisotopic (exact) mass is 520 g/mol. The van der Waals surface area contributed by atoms with E-state index < -0.39 is 0 Å². The van der Waals surface area contributed by atoms with Crippen LogP contribution in [0.3, 0.4) is 0 Å². The number of rotatable bonds is 11. The van der Waals surface area contributed by atoms with Crippen molar-refractivity contribution in [3.05, 3.63) is 102 Å². The van der Waals surface area contributed by atoms with Crippen molar-refractivity contribution >= 4 is 17.8 Å². The first-order chi connectivity index (χ1) is 19.0. The maximum Gasteiger partial charge on any atom is 0.213 e. The molecule has 39 heavy (non-hydrogen) atoms. The Kier molecular flexibility index (Phi) is 9.48. The number of benzene rings is 3. The summed E-state index contributed by atoms with van der Waals surface area (Å²) in [5.41, 5.74) is 7.41. The molecule has 0 bridgehead atoms. The second kappa shape index (κ2) is 13.4. The van der Waals surface area contributed by atoms with Gasteiger partial charge in [0.05, 0.1) is 13.2 Å². The molecule has 5 heteroatoms. The van der Waals surface area contributed by atoms with E-state index in [0.717, 1.165) is 65.2 Å². The van der Waals surface area contributed by atoms with Crippen LogP contribution in [-0.4, -0.2) is 20.7 Å². The van der Waals surface area contributed by atoms with Crippen molar-refractivity contribution in [1.29, 1.82) is 5.26 Å². The molecule has 0 aliphatic carbocycles. The molecule has 198 valence electrons. The highest BCUT2D eigenvalue weighted by atomic mass is 19.1. The number of anilines is 1. The number of nitriles is 1. The average molecular weight is 521 g/mol. The Bertz CT molecular complexity index is 1440. The average Bonchev–Trinajstić information content (AvgIpc) is 2.97. The molecule has 0 aliphatic heterocycles. The fourth-order valence-electron chi connectivity index (χ4n) is 4.57. The summed E-state index contributed by atoms with van der Waals surface area (Å²) in [7, 11) is 5.80. The largest absolute Gasteiger partial charge is 0.497 e. The summed E-state index contributed by atoms with van der Waals surface area (Å²) >= 11 is 0. The molecule has 0 spiro atoms. The fourth-order valence-corrected chi connectivity index (χ4v) is 4.57. The first-order valence-electron chi connectivity index (χ1n) is 13.3. The van der Waals surface area contributed by atoms with Gasteiger partial charge in [-0.3, -0.25) is 0 Å². The van der Waals surface area contributed by atoms with Gasteiger partial charge in [-0.15, -0.1) is 0 Å². The second-order valence-electron chi connectivity index (χ2n) is 9.66. The molecule has 0 saturated heterocycles. The molecular formula is C34H35FN3O+. The number of nitrogens with zero attached hydrogens (tertiary/aromatic N) is 3. The number of hydrogen-bond acceptors (Lipinski definition) is 3. The molecule has 1 heterocycles. The molecular weight excluding hydrogens is 485 g/mol. The van der Waals surface area contributed by atoms with E-state index in [1.807, 2.05) is 31.3 Å². The minimum absolute atomic E-state index is 0.249. The molecule has 4 aromatic rings. The smallest absolute Gasteiger partial charge is 0.213 e. The van der Waals surface area contributed by atoms with Crippen molar-refractivity contribution in [3.63, 3.8) is 0 Å². The van der Waals surface area contributed by atoms with E-state index in [9.17, 15) is 4.39 Å². The molecule has 0 aliphatic rings. The molecule has 4 rings (SSSR count). The summed E-state index contributed by atoms with van der Waals surface area (Å²) in [5.74, 6) is 0.563. The van der Waals surface area contributed by atoms with Crippen LogP contribution < -0.4 is 14.2 Å². The van der Waals surface area contributed by atoms with Crippen LogP contribution in [0.1, 0.15) is 36.9 Å². The third kappa shape index (κ3) is 7.33. The van der Waals surface area contributed by atoms with Crippen molar-refractivity contribution in [2.45, 2.75) is 25.7 Å². The van der Waals surface area contributed by atoms with Gasteiger partial charge in [0.2, 0.25) is 11.4 Å². The number of halogens is 1. The molecule has 0 saturated carbocycles. The third-order valence-corrected chi connectivity index (χ3v) is 6.97. The first-order valence-corrected chi connectivity index (χ1v) is 13.3. The van der Waals surface area contributed by atoms with Gasteiger partial charge >= 0.3 is 0 Å². The van der Waals surface area contributed by atoms with Gasteiger partial charge in [0.1, 0.15) is 18.6 Å². The van der Waals surface area contributed by atoms with Gasteiger partial charge in [-0.2, -0.15) is 9.83 Å². The van der Waals surface area contributed by atoms with Crippen LogP contribution in [0.5, 0.6) is 5.75 Å². The van der Waals surface area contributed by atoms with E-state index in [4.69, 9.17) is 10.00 Å². The number of aromatic nitrogens is 1. The van der Waals surface area contributed by atoms with Crippen LogP contribution in [0.15, 0.2) is 84.9 Å². The maximum atomic E-state index is 13.6. The van der Waals surface area contributed by atoms with Crippen molar-refractivity contribution in [2.24, 2.45) is 7.05 Å². The zero-order valence-electron chi connectivity index (χ0n) is 22.9. The van der Waals surface area contributed by atoms with Crippen molar-refractivity contribution in [3.8, 4) is 34.2 Å². The molecule has 4 nitrogen and oxygen atoms in total. The summed E-state index contributed by atoms with van der Waals surface area (Å²) in [6, 6.07) is 29.7. The van der Waals surface area contributed by atoms with E-state index in [2.05, 4.69) is 83.3 Å². The molecule has 0 amide bonds. The van der Waals surface area contributed by atoms with Gasteiger partial charge in [0.25, 0.3) is 0 Å². The predicted molar refractivity (Wildman–Crippen MR) is 158 cm³/mol. The quantitative estimate of drug-likeness (QED) is 0.150. The Hall–Kier alpha value is -4.43. The number of methoxy groups -OCH3 is 1. The highest BCUT2D eigenvalue weighted by Crippen LogP contribution is 2.27. The van der Waals surface area contributed by atoms with Gasteiger partial charge in [-0.25, -0.2) is 4.39 Å². The van der Waals surface area contributed by atoms with Crippen LogP contribution >= 0.6 is 0 Å². The topological polar surface area (TPSA) is 40.1 Å². The fraction of sp³-hybridized carbons (Fsp3) is 0.235. The van der Waals surface area contributed by atoms with E-state index >= 15 is 0 Å². The Labute approximate surface area is 231 Å². The molecule has 0 radical (unpaired) electrons. The molecule has 0 atom stereocenters. The Morgan fingerprint density at radius 2 is 1.54 bits per heavy atom. The van der Waals surface area contributed by atoms with Crippen molar-refractivity contribution in [2.75, 3.05) is 25.6 Å². The minimum Gasteiger partial charge on any atom is -0.497 e. The van der Waals surface area contributed by atoms with Crippen LogP contribution in [0.2, 0.25) is 0 Å². The minimum atomic E-state index is -0.249. The van der Waals surface area contributed by atoms with Gasteiger partial charge in [0.15, 0.2) is 0 Å². The number of ether oxygens (including phenoxy) is 1. The summed E-state index contributed by atoms with van der Waals surface area (Å²) in [4.78, 5) is 2.26. The van der Waals surface area contributed by atoms with Crippen LogP contribution in [0.25, 0.3) is 34.5 Å². The van der Waals surface area contributed by atoms with Crippen molar-refractivity contribution < 1.29 is 13.7 Å². The van der Waals surface area contributed by atoms with Gasteiger partial charge in [0, 0.05) is 49.5 Å². The summed E-state index contributed by atoms with van der Waals surface area (Å²) in [6.45, 7) is 0.973. The number of pyridine rings is 1. The lowest BCUT2D eigenvalue weighted by atomic mass is 10.0. The van der Waals surface area contributed by atoms with Gasteiger partial charge in [-0.1, -0.05) is 30.7 Å². The first kappa shape index (κ1) is 27.6. The van der Waals surface area contributed by atoms with Crippen LogP contribution in [0.4, 0.5) is 10.1 Å². The normalized spacial score (nSPS) is 10.9. The van der Waals surface area contributed by atoms with Crippen LogP contribution in [0, 0.1) is 17.1 Å². The highest BCUT2D eigenvalue weighted by molar-refractivity contribution is 5.74. The van der Waals surface area contributed by atoms with Gasteiger partial charge < -0.3 is 9.64 Å². The second-order valence-corrected chi connectivity index (χ2v) is 9.66. The zero-order valence-corrected chi connectivity index (χ0v) is 22.9. The Morgan fingerprint density at radius 1 is 0.846 bits per heavy atom. The Balaban J connectivity index is 1.59. The lowest BCUT2D eigenvalue weighted by Gasteiger charge is -2.19. The van der Waals surface area contributed by atoms with E-state index in [-0.39, 0.29) is 5.82 Å². The van der Waals surface area contributed by atoms with Gasteiger partial charge in [-0.05, 0) is 84.1 Å². The van der Waals surface area contributed by atoms with E-state index in [1.54, 1.807) is 7.11 Å². The molecule has 1 aromatic heterocycles. The standard InChI is InChI=1S/C34H35FN3O/c1-37(23-7-5-4-6-22-36)31-17-8-26(9-18-31)10-19-32-24-29(27-13-20-33(39-3)21-14-27)25-34(38(32)2)28-11-15-30(35)16-12-28/h8-21,24-25H,4-7,23H2,1-3H3/q+1. The van der Waals surface area contributed by atoms with E-state index in [0.29, 0.717) is 6.42 Å². The van der Waals surface area contributed by atoms with Crippen LogP contribution in [-0.2, 0) is 7.05 Å². The summed E-state index contributed by atoms with van der Waals surface area (Å²) < 4.78 is 21.1. The van der Waals surface area contributed by atoms with Crippen molar-refractivity contribution in [1.82, 2.24) is 0 Å². The number of hydrogen-bond donors (Lipinski definition) is 0.